The van der Waals surface area contributed by atoms with E-state index in [9.17, 15) is 13.2 Å². The van der Waals surface area contributed by atoms with Crippen LogP contribution in [0.4, 0.5) is 0 Å². The maximum absolute atomic E-state index is 12.5. The first kappa shape index (κ1) is 14.2. The highest BCUT2D eigenvalue weighted by Gasteiger charge is 2.31. The average molecular weight is 282 g/mol. The number of ketones is 1. The topological polar surface area (TPSA) is 66.5 Å². The van der Waals surface area contributed by atoms with E-state index in [1.165, 1.54) is 23.4 Å². The summed E-state index contributed by atoms with van der Waals surface area (Å²) in [6.07, 6.45) is 0.808. The molecular weight excluding hydrogens is 264 g/mol. The summed E-state index contributed by atoms with van der Waals surface area (Å²) in [6, 6.07) is 6.42. The largest absolute Gasteiger partial charge is 0.316 e. The Morgan fingerprint density at radius 1 is 1.42 bits per heavy atom. The van der Waals surface area contributed by atoms with E-state index in [0.717, 1.165) is 6.42 Å². The molecule has 1 aromatic rings. The molecule has 6 heteroatoms. The first-order valence-electron chi connectivity index (χ1n) is 6.23. The molecule has 1 N–H and O–H groups in total. The van der Waals surface area contributed by atoms with E-state index in [0.29, 0.717) is 18.7 Å². The maximum atomic E-state index is 12.5. The number of benzene rings is 1. The van der Waals surface area contributed by atoms with E-state index in [-0.39, 0.29) is 16.7 Å². The summed E-state index contributed by atoms with van der Waals surface area (Å²) in [5, 5.41) is 3.09. The third-order valence-electron chi connectivity index (χ3n) is 3.44. The Hall–Kier alpha value is -1.24. The molecule has 1 atom stereocenters. The predicted octanol–water partition coefficient (Wildman–Crippen LogP) is 0.872. The van der Waals surface area contributed by atoms with Gasteiger partial charge < -0.3 is 5.32 Å². The van der Waals surface area contributed by atoms with Crippen molar-refractivity contribution in [1.82, 2.24) is 9.62 Å². The van der Waals surface area contributed by atoms with Gasteiger partial charge in [0.05, 0.1) is 4.90 Å². The van der Waals surface area contributed by atoms with Crippen molar-refractivity contribution in [2.45, 2.75) is 24.3 Å². The lowest BCUT2D eigenvalue weighted by molar-refractivity contribution is 0.101. The zero-order valence-corrected chi connectivity index (χ0v) is 11.9. The zero-order chi connectivity index (χ0) is 14.0. The van der Waals surface area contributed by atoms with Crippen LogP contribution in [0.15, 0.2) is 29.2 Å². The molecule has 1 aliphatic rings. The monoisotopic (exact) mass is 282 g/mol. The van der Waals surface area contributed by atoms with E-state index >= 15 is 0 Å². The van der Waals surface area contributed by atoms with Gasteiger partial charge in [0.15, 0.2) is 5.78 Å². The van der Waals surface area contributed by atoms with E-state index in [2.05, 4.69) is 5.32 Å². The van der Waals surface area contributed by atoms with Crippen LogP contribution in [-0.4, -0.2) is 44.7 Å². The fourth-order valence-electron chi connectivity index (χ4n) is 2.21. The van der Waals surface area contributed by atoms with E-state index in [1.54, 1.807) is 12.1 Å². The SMILES string of the molecule is CNC1CCN(S(=O)(=O)c2cccc(C(C)=O)c2)C1. The lowest BCUT2D eigenvalue weighted by Gasteiger charge is -2.16. The van der Waals surface area contributed by atoms with Gasteiger partial charge in [-0.15, -0.1) is 0 Å². The number of Topliss-reactive ketones (excluding diaryl/α,β-unsaturated/α-hetero) is 1. The molecule has 2 rings (SSSR count). The normalized spacial score (nSPS) is 20.6. The number of hydrogen-bond acceptors (Lipinski definition) is 4. The number of likely N-dealkylation sites (N-methyl/N-ethyl adjacent to an activating group) is 1. The van der Waals surface area contributed by atoms with Crippen LogP contribution in [-0.2, 0) is 10.0 Å². The number of sulfonamides is 1. The number of carbonyl (C=O) groups excluding carboxylic acids is 1. The number of hydrogen-bond donors (Lipinski definition) is 1. The van der Waals surface area contributed by atoms with Crippen LogP contribution >= 0.6 is 0 Å². The van der Waals surface area contributed by atoms with Crippen LogP contribution < -0.4 is 5.32 Å². The zero-order valence-electron chi connectivity index (χ0n) is 11.1. The molecular formula is C13H18N2O3S. The van der Waals surface area contributed by atoms with Gasteiger partial charge in [0.2, 0.25) is 10.0 Å². The summed E-state index contributed by atoms with van der Waals surface area (Å²) in [6.45, 7) is 2.42. The number of rotatable bonds is 4. The third-order valence-corrected chi connectivity index (χ3v) is 5.30. The second kappa shape index (κ2) is 5.40. The summed E-state index contributed by atoms with van der Waals surface area (Å²) < 4.78 is 26.4. The molecule has 0 spiro atoms. The second-order valence-corrected chi connectivity index (χ2v) is 6.66. The summed E-state index contributed by atoms with van der Waals surface area (Å²) >= 11 is 0. The van der Waals surface area contributed by atoms with Crippen LogP contribution in [0.5, 0.6) is 0 Å². The summed E-state index contributed by atoms with van der Waals surface area (Å²) in [5.41, 5.74) is 0.422. The van der Waals surface area contributed by atoms with Gasteiger partial charge in [-0.25, -0.2) is 8.42 Å². The van der Waals surface area contributed by atoms with Crippen molar-refractivity contribution in [1.29, 1.82) is 0 Å². The Balaban J connectivity index is 2.30. The Morgan fingerprint density at radius 3 is 2.74 bits per heavy atom. The average Bonchev–Trinajstić information content (AvgIpc) is 2.88. The summed E-state index contributed by atoms with van der Waals surface area (Å²) in [7, 11) is -1.67. The van der Waals surface area contributed by atoms with E-state index < -0.39 is 10.0 Å². The molecule has 0 amide bonds. The second-order valence-electron chi connectivity index (χ2n) is 4.72. The Kier molecular flexibility index (Phi) is 4.03. The Labute approximate surface area is 113 Å². The molecule has 1 saturated heterocycles. The van der Waals surface area contributed by atoms with Crippen molar-refractivity contribution in [2.24, 2.45) is 0 Å². The molecule has 1 aromatic carbocycles. The van der Waals surface area contributed by atoms with Gasteiger partial charge in [0.25, 0.3) is 0 Å². The number of nitrogens with zero attached hydrogens (tertiary/aromatic N) is 1. The molecule has 1 heterocycles. The first-order valence-corrected chi connectivity index (χ1v) is 7.67. The van der Waals surface area contributed by atoms with Crippen LogP contribution in [0.1, 0.15) is 23.7 Å². The number of carbonyl (C=O) groups is 1. The fourth-order valence-corrected chi connectivity index (χ4v) is 3.75. The van der Waals surface area contributed by atoms with E-state index in [1.807, 2.05) is 7.05 Å². The molecule has 5 nitrogen and oxygen atoms in total. The van der Waals surface area contributed by atoms with Crippen LogP contribution in [0, 0.1) is 0 Å². The molecule has 0 bridgehead atoms. The quantitative estimate of drug-likeness (QED) is 0.832. The highest BCUT2D eigenvalue weighted by atomic mass is 32.2. The van der Waals surface area contributed by atoms with Gasteiger partial charge >= 0.3 is 0 Å². The lowest BCUT2D eigenvalue weighted by atomic mass is 10.2. The molecule has 0 radical (unpaired) electrons. The van der Waals surface area contributed by atoms with Crippen molar-refractivity contribution in [3.63, 3.8) is 0 Å². The molecule has 0 saturated carbocycles. The van der Waals surface area contributed by atoms with Gasteiger partial charge in [-0.05, 0) is 32.5 Å². The van der Waals surface area contributed by atoms with Crippen molar-refractivity contribution >= 4 is 15.8 Å². The molecule has 0 aromatic heterocycles. The molecule has 19 heavy (non-hydrogen) atoms. The Morgan fingerprint density at radius 2 is 2.16 bits per heavy atom. The number of nitrogens with one attached hydrogen (secondary N) is 1. The van der Waals surface area contributed by atoms with Gasteiger partial charge in [0, 0.05) is 24.7 Å². The molecule has 1 fully saturated rings. The molecule has 0 aliphatic carbocycles. The predicted molar refractivity (Wildman–Crippen MR) is 72.7 cm³/mol. The van der Waals surface area contributed by atoms with Crippen LogP contribution in [0.25, 0.3) is 0 Å². The molecule has 104 valence electrons. The standard InChI is InChI=1S/C13H18N2O3S/c1-10(16)11-4-3-5-13(8-11)19(17,18)15-7-6-12(9-15)14-2/h3-5,8,12,14H,6-7,9H2,1-2H3. The van der Waals surface area contributed by atoms with Crippen molar-refractivity contribution in [2.75, 3.05) is 20.1 Å². The smallest absolute Gasteiger partial charge is 0.243 e. The maximum Gasteiger partial charge on any atom is 0.243 e. The Bertz CT molecular complexity index is 583. The minimum atomic E-state index is -3.50. The third kappa shape index (κ3) is 2.86. The highest BCUT2D eigenvalue weighted by Crippen LogP contribution is 2.21. The van der Waals surface area contributed by atoms with Crippen molar-refractivity contribution in [3.8, 4) is 0 Å². The molecule has 1 aliphatic heterocycles. The minimum Gasteiger partial charge on any atom is -0.316 e. The highest BCUT2D eigenvalue weighted by molar-refractivity contribution is 7.89. The van der Waals surface area contributed by atoms with E-state index in [4.69, 9.17) is 0 Å². The summed E-state index contributed by atoms with van der Waals surface area (Å²) in [5.74, 6) is -0.133. The first-order chi connectivity index (χ1) is 8.95. The lowest BCUT2D eigenvalue weighted by Crippen LogP contribution is -2.33. The van der Waals surface area contributed by atoms with Gasteiger partial charge in [-0.1, -0.05) is 12.1 Å². The van der Waals surface area contributed by atoms with Crippen molar-refractivity contribution in [3.05, 3.63) is 29.8 Å². The van der Waals surface area contributed by atoms with Gasteiger partial charge in [-0.3, -0.25) is 4.79 Å². The molecule has 1 unspecified atom stereocenters. The fraction of sp³-hybridized carbons (Fsp3) is 0.462. The van der Waals surface area contributed by atoms with Crippen molar-refractivity contribution < 1.29 is 13.2 Å². The van der Waals surface area contributed by atoms with Crippen LogP contribution in [0.3, 0.4) is 0 Å². The minimum absolute atomic E-state index is 0.133. The van der Waals surface area contributed by atoms with Gasteiger partial charge in [0.1, 0.15) is 0 Å². The van der Waals surface area contributed by atoms with Crippen LogP contribution in [0.2, 0.25) is 0 Å². The van der Waals surface area contributed by atoms with Gasteiger partial charge in [-0.2, -0.15) is 4.31 Å². The summed E-state index contributed by atoms with van der Waals surface area (Å²) in [4.78, 5) is 11.5.